The Labute approximate surface area is 141 Å². The smallest absolute Gasteiger partial charge is 0.0348 e. The molecule has 0 aromatic carbocycles. The predicted octanol–water partition coefficient (Wildman–Crippen LogP) is 8.24. The number of hydrogen-bond acceptors (Lipinski definition) is 0. The minimum absolute atomic E-state index is 0.522. The van der Waals surface area contributed by atoms with Crippen LogP contribution in [0.1, 0.15) is 111 Å². The zero-order valence-electron chi connectivity index (χ0n) is 16.0. The Bertz CT molecular complexity index is 264. The molecule has 22 heavy (non-hydrogen) atoms. The van der Waals surface area contributed by atoms with E-state index in [4.69, 9.17) is 0 Å². The van der Waals surface area contributed by atoms with Crippen molar-refractivity contribution in [2.45, 2.75) is 111 Å². The van der Waals surface area contributed by atoms with Gasteiger partial charge in [0.05, 0.1) is 0 Å². The van der Waals surface area contributed by atoms with Gasteiger partial charge in [0.2, 0.25) is 0 Å². The first-order valence-corrected chi connectivity index (χ1v) is 9.88. The highest BCUT2D eigenvalue weighted by molar-refractivity contribution is 5.02. The lowest BCUT2D eigenvalue weighted by atomic mass is 9.89. The largest absolute Gasteiger partial charge is 0.0845 e. The van der Waals surface area contributed by atoms with Gasteiger partial charge in [-0.3, -0.25) is 0 Å². The molecule has 0 saturated heterocycles. The molecule has 0 aliphatic rings. The van der Waals surface area contributed by atoms with Crippen molar-refractivity contribution in [1.29, 1.82) is 0 Å². The summed E-state index contributed by atoms with van der Waals surface area (Å²) in [7, 11) is 0. The summed E-state index contributed by atoms with van der Waals surface area (Å²) in [6.45, 7) is 9.31. The maximum absolute atomic E-state index is 2.35. The normalized spacial score (nSPS) is 12.7. The third kappa shape index (κ3) is 19.5. The quantitative estimate of drug-likeness (QED) is 0.224. The second-order valence-corrected chi connectivity index (χ2v) is 7.93. The van der Waals surface area contributed by atoms with Crippen LogP contribution in [0.15, 0.2) is 24.3 Å². The molecule has 0 atom stereocenters. The second kappa shape index (κ2) is 15.4. The van der Waals surface area contributed by atoms with Gasteiger partial charge in [0.1, 0.15) is 0 Å². The topological polar surface area (TPSA) is 0 Å². The van der Waals surface area contributed by atoms with Crippen LogP contribution in [0.3, 0.4) is 0 Å². The minimum atomic E-state index is 0.522. The molecule has 0 rings (SSSR count). The molecule has 0 heteroatoms. The number of allylic oxidation sites excluding steroid dienone is 4. The van der Waals surface area contributed by atoms with Gasteiger partial charge in [-0.1, -0.05) is 103 Å². The molecular weight excluding hydrogens is 264 g/mol. The fourth-order valence-corrected chi connectivity index (χ4v) is 2.66. The fraction of sp³-hybridized carbons (Fsp3) is 0.818. The highest BCUT2D eigenvalue weighted by Gasteiger charge is 2.08. The van der Waals surface area contributed by atoms with Crippen molar-refractivity contribution in [1.82, 2.24) is 0 Å². The van der Waals surface area contributed by atoms with Crippen LogP contribution in [0.4, 0.5) is 0 Å². The minimum Gasteiger partial charge on any atom is -0.0845 e. The molecule has 0 bridgehead atoms. The van der Waals surface area contributed by atoms with E-state index in [9.17, 15) is 0 Å². The summed E-state index contributed by atoms with van der Waals surface area (Å²) in [4.78, 5) is 0. The summed E-state index contributed by atoms with van der Waals surface area (Å²) in [5, 5.41) is 0. The molecule has 0 fully saturated rings. The van der Waals surface area contributed by atoms with E-state index in [-0.39, 0.29) is 0 Å². The van der Waals surface area contributed by atoms with Crippen LogP contribution in [0.2, 0.25) is 0 Å². The predicted molar refractivity (Wildman–Crippen MR) is 103 cm³/mol. The van der Waals surface area contributed by atoms with Gasteiger partial charge in [0.15, 0.2) is 0 Å². The van der Waals surface area contributed by atoms with Crippen LogP contribution in [0.5, 0.6) is 0 Å². The van der Waals surface area contributed by atoms with Crippen molar-refractivity contribution in [2.24, 2.45) is 5.41 Å². The lowest BCUT2D eigenvalue weighted by Crippen LogP contribution is -2.03. The number of hydrogen-bond donors (Lipinski definition) is 0. The van der Waals surface area contributed by atoms with E-state index in [1.54, 1.807) is 0 Å². The molecule has 130 valence electrons. The molecule has 0 nitrogen and oxygen atoms in total. The summed E-state index contributed by atoms with van der Waals surface area (Å²) in [6.07, 6.45) is 26.9. The average Bonchev–Trinajstić information content (AvgIpc) is 2.45. The number of unbranched alkanes of at least 4 members (excludes halogenated alkanes) is 10. The monoisotopic (exact) mass is 306 g/mol. The highest BCUT2D eigenvalue weighted by atomic mass is 14.1. The van der Waals surface area contributed by atoms with Crippen LogP contribution in [0.25, 0.3) is 0 Å². The van der Waals surface area contributed by atoms with E-state index in [1.807, 2.05) is 0 Å². The third-order valence-electron chi connectivity index (χ3n) is 4.16. The second-order valence-electron chi connectivity index (χ2n) is 7.93. The Balaban J connectivity index is 3.22. The average molecular weight is 307 g/mol. The first-order chi connectivity index (χ1) is 10.6. The molecule has 0 heterocycles. The van der Waals surface area contributed by atoms with Crippen LogP contribution in [-0.4, -0.2) is 0 Å². The lowest BCUT2D eigenvalue weighted by Gasteiger charge is -2.17. The van der Waals surface area contributed by atoms with Gasteiger partial charge in [0.25, 0.3) is 0 Å². The van der Waals surface area contributed by atoms with Gasteiger partial charge in [-0.2, -0.15) is 0 Å². The van der Waals surface area contributed by atoms with Gasteiger partial charge in [-0.15, -0.1) is 0 Å². The molecule has 0 spiro atoms. The first-order valence-electron chi connectivity index (χ1n) is 9.88. The van der Waals surface area contributed by atoms with Crippen LogP contribution >= 0.6 is 0 Å². The van der Waals surface area contributed by atoms with E-state index in [2.05, 4.69) is 52.0 Å². The fourth-order valence-electron chi connectivity index (χ4n) is 2.66. The van der Waals surface area contributed by atoms with Crippen molar-refractivity contribution < 1.29 is 0 Å². The molecule has 0 saturated carbocycles. The van der Waals surface area contributed by atoms with Crippen molar-refractivity contribution in [3.8, 4) is 0 Å². The molecule has 0 radical (unpaired) electrons. The molecule has 0 aliphatic carbocycles. The van der Waals surface area contributed by atoms with E-state index in [0.717, 1.165) is 0 Å². The van der Waals surface area contributed by atoms with Crippen molar-refractivity contribution in [3.63, 3.8) is 0 Å². The summed E-state index contributed by atoms with van der Waals surface area (Å²) in [5.74, 6) is 0. The Morgan fingerprint density at radius 3 is 1.55 bits per heavy atom. The summed E-state index contributed by atoms with van der Waals surface area (Å²) < 4.78 is 0. The molecule has 0 aromatic rings. The third-order valence-corrected chi connectivity index (χ3v) is 4.16. The standard InChI is InChI=1S/C22H42/c1-5-6-7-8-9-10-11-12-13-14-15-16-17-18-19-20-21-22(2,3)4/h10-13H,5-9,14-21H2,1-4H3/b11-10+,13-12-. The summed E-state index contributed by atoms with van der Waals surface area (Å²) >= 11 is 0. The summed E-state index contributed by atoms with van der Waals surface area (Å²) in [5.41, 5.74) is 0.522. The van der Waals surface area contributed by atoms with Crippen LogP contribution in [-0.2, 0) is 0 Å². The highest BCUT2D eigenvalue weighted by Crippen LogP contribution is 2.22. The van der Waals surface area contributed by atoms with Gasteiger partial charge in [-0.25, -0.2) is 0 Å². The summed E-state index contributed by atoms with van der Waals surface area (Å²) in [6, 6.07) is 0. The van der Waals surface area contributed by atoms with E-state index in [1.165, 1.54) is 83.5 Å². The van der Waals surface area contributed by atoms with E-state index >= 15 is 0 Å². The zero-order chi connectivity index (χ0) is 16.5. The van der Waals surface area contributed by atoms with E-state index in [0.29, 0.717) is 5.41 Å². The van der Waals surface area contributed by atoms with Gasteiger partial charge >= 0.3 is 0 Å². The van der Waals surface area contributed by atoms with Gasteiger partial charge in [-0.05, 0) is 37.5 Å². The molecule has 0 amide bonds. The Hall–Kier alpha value is -0.520. The lowest BCUT2D eigenvalue weighted by molar-refractivity contribution is 0.356. The number of rotatable bonds is 14. The molecule has 0 N–H and O–H groups in total. The Kier molecular flexibility index (Phi) is 15.0. The van der Waals surface area contributed by atoms with Crippen molar-refractivity contribution >= 4 is 0 Å². The maximum Gasteiger partial charge on any atom is -0.0348 e. The Morgan fingerprint density at radius 1 is 0.591 bits per heavy atom. The molecule has 0 aromatic heterocycles. The maximum atomic E-state index is 2.35. The Morgan fingerprint density at radius 2 is 1.05 bits per heavy atom. The molecule has 0 unspecified atom stereocenters. The molecular formula is C22H42. The van der Waals surface area contributed by atoms with Crippen LogP contribution < -0.4 is 0 Å². The van der Waals surface area contributed by atoms with Crippen molar-refractivity contribution in [3.05, 3.63) is 24.3 Å². The molecule has 0 aliphatic heterocycles. The first kappa shape index (κ1) is 21.5. The van der Waals surface area contributed by atoms with E-state index < -0.39 is 0 Å². The van der Waals surface area contributed by atoms with Crippen LogP contribution in [0, 0.1) is 5.41 Å². The van der Waals surface area contributed by atoms with Gasteiger partial charge in [0, 0.05) is 0 Å². The zero-order valence-corrected chi connectivity index (χ0v) is 16.0. The van der Waals surface area contributed by atoms with Gasteiger partial charge < -0.3 is 0 Å². The van der Waals surface area contributed by atoms with Crippen molar-refractivity contribution in [2.75, 3.05) is 0 Å². The SMILES string of the molecule is CCCCCC/C=C/C=C\CCCCCCCCC(C)(C)C.